The Morgan fingerprint density at radius 3 is 2.57 bits per heavy atom. The van der Waals surface area contributed by atoms with E-state index in [9.17, 15) is 4.79 Å². The fourth-order valence-electron chi connectivity index (χ4n) is 4.25. The highest BCUT2D eigenvalue weighted by Gasteiger charge is 2.45. The van der Waals surface area contributed by atoms with Crippen molar-refractivity contribution in [1.82, 2.24) is 20.0 Å². The van der Waals surface area contributed by atoms with Crippen LogP contribution in [0.3, 0.4) is 0 Å². The third-order valence-electron chi connectivity index (χ3n) is 5.52. The maximum Gasteiger partial charge on any atom is 0.255 e. The highest BCUT2D eigenvalue weighted by molar-refractivity contribution is 5.95. The summed E-state index contributed by atoms with van der Waals surface area (Å²) in [5.74, 6) is -0.0114. The van der Waals surface area contributed by atoms with E-state index in [0.29, 0.717) is 5.56 Å². The molecule has 23 heavy (non-hydrogen) atoms. The Morgan fingerprint density at radius 1 is 1.35 bits per heavy atom. The standard InChI is InChI=1S/C17H28N4O2/c1-13-15(12-20(3)19-13)16(22)18-14(2)17(6-4-5-7-17)21-8-10-23-11-9-21/h12,14H,4-11H2,1-3H3,(H,18,22). The zero-order valence-electron chi connectivity index (χ0n) is 14.5. The van der Waals surface area contributed by atoms with Crippen LogP contribution < -0.4 is 5.32 Å². The van der Waals surface area contributed by atoms with Crippen molar-refractivity contribution in [3.8, 4) is 0 Å². The Bertz CT molecular complexity index is 557. The molecule has 128 valence electrons. The molecule has 0 radical (unpaired) electrons. The average molecular weight is 320 g/mol. The van der Waals surface area contributed by atoms with Gasteiger partial charge >= 0.3 is 0 Å². The number of ether oxygens (including phenoxy) is 1. The topological polar surface area (TPSA) is 59.4 Å². The molecule has 1 saturated carbocycles. The predicted octanol–water partition coefficient (Wildman–Crippen LogP) is 1.49. The zero-order valence-corrected chi connectivity index (χ0v) is 14.5. The number of morpholine rings is 1. The van der Waals surface area contributed by atoms with Crippen LogP contribution in [0.15, 0.2) is 6.20 Å². The summed E-state index contributed by atoms with van der Waals surface area (Å²) in [4.78, 5) is 15.2. The van der Waals surface area contributed by atoms with Crippen LogP contribution in [-0.2, 0) is 11.8 Å². The van der Waals surface area contributed by atoms with E-state index in [1.807, 2.05) is 14.0 Å². The van der Waals surface area contributed by atoms with Gasteiger partial charge in [0.1, 0.15) is 0 Å². The molecule has 1 aromatic heterocycles. The lowest BCUT2D eigenvalue weighted by molar-refractivity contribution is -0.0323. The van der Waals surface area contributed by atoms with Crippen LogP contribution in [-0.4, -0.2) is 58.5 Å². The second-order valence-electron chi connectivity index (χ2n) is 6.91. The SMILES string of the molecule is Cc1nn(C)cc1C(=O)NC(C)C1(N2CCOCC2)CCCC1. The molecule has 6 nitrogen and oxygen atoms in total. The number of carbonyl (C=O) groups excluding carboxylic acids is 1. The van der Waals surface area contributed by atoms with Crippen molar-refractivity contribution >= 4 is 5.91 Å². The van der Waals surface area contributed by atoms with Crippen molar-refractivity contribution in [1.29, 1.82) is 0 Å². The molecule has 3 rings (SSSR count). The van der Waals surface area contributed by atoms with Gasteiger partial charge in [0.2, 0.25) is 0 Å². The molecule has 1 aliphatic heterocycles. The maximum atomic E-state index is 12.7. The van der Waals surface area contributed by atoms with Crippen molar-refractivity contribution < 1.29 is 9.53 Å². The molecule has 1 saturated heterocycles. The summed E-state index contributed by atoms with van der Waals surface area (Å²) < 4.78 is 7.21. The van der Waals surface area contributed by atoms with E-state index in [1.165, 1.54) is 12.8 Å². The number of hydrogen-bond acceptors (Lipinski definition) is 4. The van der Waals surface area contributed by atoms with Crippen LogP contribution in [0.2, 0.25) is 0 Å². The van der Waals surface area contributed by atoms with Crippen LogP contribution in [0.25, 0.3) is 0 Å². The second-order valence-corrected chi connectivity index (χ2v) is 6.91. The summed E-state index contributed by atoms with van der Waals surface area (Å²) >= 11 is 0. The summed E-state index contributed by atoms with van der Waals surface area (Å²) in [6.07, 6.45) is 6.58. The van der Waals surface area contributed by atoms with E-state index in [0.717, 1.165) is 44.8 Å². The van der Waals surface area contributed by atoms with Crippen molar-refractivity contribution in [2.24, 2.45) is 7.05 Å². The molecule has 1 amide bonds. The first-order chi connectivity index (χ1) is 11.0. The van der Waals surface area contributed by atoms with Crippen LogP contribution >= 0.6 is 0 Å². The number of rotatable bonds is 4. The molecule has 1 unspecified atom stereocenters. The lowest BCUT2D eigenvalue weighted by Gasteiger charge is -2.47. The lowest BCUT2D eigenvalue weighted by Crippen LogP contribution is -2.62. The first-order valence-electron chi connectivity index (χ1n) is 8.67. The van der Waals surface area contributed by atoms with Gasteiger partial charge in [-0.2, -0.15) is 5.10 Å². The molecular weight excluding hydrogens is 292 g/mol. The van der Waals surface area contributed by atoms with Crippen molar-refractivity contribution in [3.05, 3.63) is 17.5 Å². The minimum absolute atomic E-state index is 0.0114. The summed E-state index contributed by atoms with van der Waals surface area (Å²) in [5, 5.41) is 7.53. The number of aryl methyl sites for hydroxylation is 2. The van der Waals surface area contributed by atoms with Gasteiger partial charge in [-0.1, -0.05) is 12.8 Å². The summed E-state index contributed by atoms with van der Waals surface area (Å²) in [5.41, 5.74) is 1.54. The van der Waals surface area contributed by atoms with Gasteiger partial charge in [0, 0.05) is 37.9 Å². The minimum Gasteiger partial charge on any atom is -0.379 e. The van der Waals surface area contributed by atoms with Gasteiger partial charge in [-0.15, -0.1) is 0 Å². The molecular formula is C17H28N4O2. The highest BCUT2D eigenvalue weighted by Crippen LogP contribution is 2.38. The van der Waals surface area contributed by atoms with E-state index >= 15 is 0 Å². The lowest BCUT2D eigenvalue weighted by atomic mass is 9.86. The Hall–Kier alpha value is -1.40. The number of carbonyl (C=O) groups is 1. The Balaban J connectivity index is 1.75. The molecule has 6 heteroatoms. The van der Waals surface area contributed by atoms with Gasteiger partial charge < -0.3 is 10.1 Å². The van der Waals surface area contributed by atoms with Gasteiger partial charge in [-0.05, 0) is 26.7 Å². The normalized spacial score (nSPS) is 22.9. The minimum atomic E-state index is -0.0114. The molecule has 1 N–H and O–H groups in total. The Kier molecular flexibility index (Phi) is 4.73. The first kappa shape index (κ1) is 16.5. The van der Waals surface area contributed by atoms with Gasteiger partial charge in [-0.3, -0.25) is 14.4 Å². The first-order valence-corrected chi connectivity index (χ1v) is 8.67. The van der Waals surface area contributed by atoms with Crippen molar-refractivity contribution in [2.45, 2.75) is 51.1 Å². The number of nitrogens with one attached hydrogen (secondary N) is 1. The van der Waals surface area contributed by atoms with Crippen molar-refractivity contribution in [2.75, 3.05) is 26.3 Å². The van der Waals surface area contributed by atoms with Gasteiger partial charge in [0.15, 0.2) is 0 Å². The third-order valence-corrected chi connectivity index (χ3v) is 5.52. The molecule has 2 fully saturated rings. The molecule has 1 atom stereocenters. The monoisotopic (exact) mass is 320 g/mol. The quantitative estimate of drug-likeness (QED) is 0.913. The molecule has 0 bridgehead atoms. The van der Waals surface area contributed by atoms with E-state index in [4.69, 9.17) is 4.74 Å². The Labute approximate surface area is 138 Å². The highest BCUT2D eigenvalue weighted by atomic mass is 16.5. The summed E-state index contributed by atoms with van der Waals surface area (Å²) in [6, 6.07) is 0.121. The van der Waals surface area contributed by atoms with Crippen LogP contribution in [0.1, 0.15) is 48.7 Å². The molecule has 1 aliphatic carbocycles. The van der Waals surface area contributed by atoms with Crippen LogP contribution in [0.4, 0.5) is 0 Å². The van der Waals surface area contributed by atoms with E-state index in [2.05, 4.69) is 22.2 Å². The summed E-state index contributed by atoms with van der Waals surface area (Å²) in [6.45, 7) is 7.56. The van der Waals surface area contributed by atoms with Crippen LogP contribution in [0, 0.1) is 6.92 Å². The number of amides is 1. The molecule has 1 aromatic rings. The van der Waals surface area contributed by atoms with E-state index in [-0.39, 0.29) is 17.5 Å². The van der Waals surface area contributed by atoms with E-state index < -0.39 is 0 Å². The van der Waals surface area contributed by atoms with E-state index in [1.54, 1.807) is 10.9 Å². The fraction of sp³-hybridized carbons (Fsp3) is 0.765. The van der Waals surface area contributed by atoms with Gasteiger partial charge in [-0.25, -0.2) is 0 Å². The van der Waals surface area contributed by atoms with Gasteiger partial charge in [0.05, 0.1) is 24.5 Å². The smallest absolute Gasteiger partial charge is 0.255 e. The Morgan fingerprint density at radius 2 is 2.00 bits per heavy atom. The molecule has 2 heterocycles. The second kappa shape index (κ2) is 6.61. The van der Waals surface area contributed by atoms with Crippen molar-refractivity contribution in [3.63, 3.8) is 0 Å². The number of aromatic nitrogens is 2. The number of hydrogen-bond donors (Lipinski definition) is 1. The largest absolute Gasteiger partial charge is 0.379 e. The number of nitrogens with zero attached hydrogens (tertiary/aromatic N) is 3. The predicted molar refractivity (Wildman–Crippen MR) is 88.5 cm³/mol. The third kappa shape index (κ3) is 3.15. The average Bonchev–Trinajstić information content (AvgIpc) is 3.15. The molecule has 2 aliphatic rings. The molecule has 0 spiro atoms. The fourth-order valence-corrected chi connectivity index (χ4v) is 4.25. The summed E-state index contributed by atoms with van der Waals surface area (Å²) in [7, 11) is 1.85. The zero-order chi connectivity index (χ0) is 16.4. The van der Waals surface area contributed by atoms with Crippen LogP contribution in [0.5, 0.6) is 0 Å². The molecule has 0 aromatic carbocycles. The van der Waals surface area contributed by atoms with Gasteiger partial charge in [0.25, 0.3) is 5.91 Å². The maximum absolute atomic E-state index is 12.7.